The molecule has 1 unspecified atom stereocenters. The summed E-state index contributed by atoms with van der Waals surface area (Å²) in [4.78, 5) is 7.10. The summed E-state index contributed by atoms with van der Waals surface area (Å²) in [5.41, 5.74) is 9.28. The summed E-state index contributed by atoms with van der Waals surface area (Å²) in [5.74, 6) is 0. The van der Waals surface area contributed by atoms with Crippen LogP contribution in [0.5, 0.6) is 0 Å². The molecule has 0 aliphatic heterocycles. The van der Waals surface area contributed by atoms with Crippen LogP contribution in [0.4, 0.5) is 0 Å². The minimum atomic E-state index is -0.0477. The van der Waals surface area contributed by atoms with E-state index in [1.807, 2.05) is 29.8 Å². The smallest absolute Gasteiger partial charge is 0.0652 e. The Morgan fingerprint density at radius 1 is 1.14 bits per heavy atom. The third-order valence-corrected chi connectivity index (χ3v) is 5.69. The second-order valence-corrected chi connectivity index (χ2v) is 6.89. The molecule has 3 heteroatoms. The maximum absolute atomic E-state index is 6.58. The molecule has 0 spiro atoms. The van der Waals surface area contributed by atoms with Crippen molar-refractivity contribution in [3.05, 3.63) is 63.6 Å². The van der Waals surface area contributed by atoms with Gasteiger partial charge in [0.2, 0.25) is 0 Å². The Bertz CT molecular complexity index is 762. The predicted molar refractivity (Wildman–Crippen MR) is 88.7 cm³/mol. The van der Waals surface area contributed by atoms with Crippen LogP contribution in [-0.2, 0) is 12.8 Å². The normalized spacial score (nSPS) is 15.9. The highest BCUT2D eigenvalue weighted by Gasteiger charge is 2.19. The average molecular weight is 294 g/mol. The molecule has 21 heavy (non-hydrogen) atoms. The first-order valence-corrected chi connectivity index (χ1v) is 8.34. The summed E-state index contributed by atoms with van der Waals surface area (Å²) in [6, 6.07) is 10.7. The van der Waals surface area contributed by atoms with Gasteiger partial charge in [-0.05, 0) is 54.3 Å². The van der Waals surface area contributed by atoms with Gasteiger partial charge in [-0.25, -0.2) is 0 Å². The van der Waals surface area contributed by atoms with Crippen LogP contribution in [0.1, 0.15) is 39.8 Å². The van der Waals surface area contributed by atoms with Gasteiger partial charge in [0.05, 0.1) is 6.04 Å². The SMILES string of the molecule is NC(c1cc2c(s1)CCCC2)c1cccc2ccncc12. The molecular formula is C18H18N2S. The Morgan fingerprint density at radius 2 is 2.05 bits per heavy atom. The standard InChI is InChI=1S/C18H18N2S/c19-18(17-10-13-4-1-2-7-16(13)21-17)14-6-3-5-12-8-9-20-11-15(12)14/h3,5-6,8-11,18H,1-2,4,7,19H2. The molecule has 2 aromatic heterocycles. The number of hydrogen-bond donors (Lipinski definition) is 1. The average Bonchev–Trinajstić information content (AvgIpc) is 2.97. The van der Waals surface area contributed by atoms with Crippen LogP contribution in [0.15, 0.2) is 42.7 Å². The molecule has 1 atom stereocenters. The fourth-order valence-electron chi connectivity index (χ4n) is 3.23. The molecule has 1 aliphatic rings. The van der Waals surface area contributed by atoms with Crippen LogP contribution < -0.4 is 5.73 Å². The van der Waals surface area contributed by atoms with E-state index in [1.54, 1.807) is 4.88 Å². The van der Waals surface area contributed by atoms with Crippen molar-refractivity contribution in [1.29, 1.82) is 0 Å². The van der Waals surface area contributed by atoms with Crippen LogP contribution in [0.25, 0.3) is 10.8 Å². The van der Waals surface area contributed by atoms with E-state index in [0.717, 1.165) is 0 Å². The highest BCUT2D eigenvalue weighted by Crippen LogP contribution is 2.35. The number of rotatable bonds is 2. The van der Waals surface area contributed by atoms with Gasteiger partial charge in [0, 0.05) is 27.5 Å². The van der Waals surface area contributed by atoms with E-state index in [-0.39, 0.29) is 6.04 Å². The van der Waals surface area contributed by atoms with Crippen molar-refractivity contribution in [3.63, 3.8) is 0 Å². The Kier molecular flexibility index (Phi) is 3.24. The zero-order valence-electron chi connectivity index (χ0n) is 11.9. The summed E-state index contributed by atoms with van der Waals surface area (Å²) < 4.78 is 0. The number of benzene rings is 1. The van der Waals surface area contributed by atoms with Crippen molar-refractivity contribution in [2.24, 2.45) is 5.73 Å². The van der Waals surface area contributed by atoms with Crippen LogP contribution in [0.3, 0.4) is 0 Å². The lowest BCUT2D eigenvalue weighted by Crippen LogP contribution is -2.10. The molecule has 1 aliphatic carbocycles. The second-order valence-electron chi connectivity index (χ2n) is 5.73. The number of aromatic nitrogens is 1. The first-order chi connectivity index (χ1) is 10.3. The minimum absolute atomic E-state index is 0.0477. The van der Waals surface area contributed by atoms with E-state index in [4.69, 9.17) is 5.73 Å². The summed E-state index contributed by atoms with van der Waals surface area (Å²) in [6.07, 6.45) is 8.84. The largest absolute Gasteiger partial charge is 0.320 e. The van der Waals surface area contributed by atoms with Gasteiger partial charge in [0.25, 0.3) is 0 Å². The Morgan fingerprint density at radius 3 is 2.95 bits per heavy atom. The lowest BCUT2D eigenvalue weighted by atomic mass is 9.96. The molecule has 4 rings (SSSR count). The molecule has 1 aromatic carbocycles. The monoisotopic (exact) mass is 294 g/mol. The van der Waals surface area contributed by atoms with Gasteiger partial charge < -0.3 is 5.73 Å². The highest BCUT2D eigenvalue weighted by molar-refractivity contribution is 7.12. The fourth-order valence-corrected chi connectivity index (χ4v) is 4.51. The molecule has 106 valence electrons. The number of pyridine rings is 1. The number of hydrogen-bond acceptors (Lipinski definition) is 3. The van der Waals surface area contributed by atoms with Gasteiger partial charge in [0.15, 0.2) is 0 Å². The van der Waals surface area contributed by atoms with Crippen LogP contribution >= 0.6 is 11.3 Å². The number of thiophene rings is 1. The minimum Gasteiger partial charge on any atom is -0.320 e. The highest BCUT2D eigenvalue weighted by atomic mass is 32.1. The quantitative estimate of drug-likeness (QED) is 0.768. The summed E-state index contributed by atoms with van der Waals surface area (Å²) in [6.45, 7) is 0. The van der Waals surface area contributed by atoms with Gasteiger partial charge >= 0.3 is 0 Å². The molecule has 0 saturated heterocycles. The molecule has 2 nitrogen and oxygen atoms in total. The van der Waals surface area contributed by atoms with E-state index >= 15 is 0 Å². The van der Waals surface area contributed by atoms with E-state index in [1.165, 1.54) is 52.5 Å². The maximum atomic E-state index is 6.58. The number of nitrogens with zero attached hydrogens (tertiary/aromatic N) is 1. The third kappa shape index (κ3) is 2.27. The first-order valence-electron chi connectivity index (χ1n) is 7.52. The number of aryl methyl sites for hydroxylation is 2. The van der Waals surface area contributed by atoms with Crippen molar-refractivity contribution >= 4 is 22.1 Å². The Labute approximate surface area is 128 Å². The van der Waals surface area contributed by atoms with Crippen molar-refractivity contribution in [2.45, 2.75) is 31.7 Å². The lowest BCUT2D eigenvalue weighted by Gasteiger charge is -2.13. The van der Waals surface area contributed by atoms with Gasteiger partial charge in [-0.1, -0.05) is 18.2 Å². The fraction of sp³-hybridized carbons (Fsp3) is 0.278. The van der Waals surface area contributed by atoms with Crippen LogP contribution in [0.2, 0.25) is 0 Å². The zero-order valence-corrected chi connectivity index (χ0v) is 12.7. The molecule has 2 heterocycles. The predicted octanol–water partition coefficient (Wildman–Crippen LogP) is 4.22. The van der Waals surface area contributed by atoms with E-state index < -0.39 is 0 Å². The van der Waals surface area contributed by atoms with E-state index in [0.29, 0.717) is 0 Å². The van der Waals surface area contributed by atoms with E-state index in [9.17, 15) is 0 Å². The topological polar surface area (TPSA) is 38.9 Å². The van der Waals surface area contributed by atoms with Gasteiger partial charge in [-0.3, -0.25) is 4.98 Å². The molecule has 0 radical (unpaired) electrons. The lowest BCUT2D eigenvalue weighted by molar-refractivity contribution is 0.696. The Balaban J connectivity index is 1.79. The number of fused-ring (bicyclic) bond motifs is 2. The van der Waals surface area contributed by atoms with Gasteiger partial charge in [0.1, 0.15) is 0 Å². The second kappa shape index (κ2) is 5.24. The molecule has 3 aromatic rings. The summed E-state index contributed by atoms with van der Waals surface area (Å²) in [5, 5.41) is 2.37. The number of nitrogens with two attached hydrogens (primary N) is 1. The third-order valence-electron chi connectivity index (χ3n) is 4.37. The van der Waals surface area contributed by atoms with Crippen molar-refractivity contribution in [3.8, 4) is 0 Å². The maximum Gasteiger partial charge on any atom is 0.0652 e. The van der Waals surface area contributed by atoms with Crippen molar-refractivity contribution in [1.82, 2.24) is 4.98 Å². The van der Waals surface area contributed by atoms with Crippen LogP contribution in [-0.4, -0.2) is 4.98 Å². The zero-order chi connectivity index (χ0) is 14.2. The van der Waals surface area contributed by atoms with Crippen LogP contribution in [0, 0.1) is 0 Å². The summed E-state index contributed by atoms with van der Waals surface area (Å²) >= 11 is 1.90. The molecule has 0 fully saturated rings. The first kappa shape index (κ1) is 13.0. The molecule has 0 amide bonds. The molecule has 0 saturated carbocycles. The van der Waals surface area contributed by atoms with Crippen molar-refractivity contribution in [2.75, 3.05) is 0 Å². The molecule has 0 bridgehead atoms. The summed E-state index contributed by atoms with van der Waals surface area (Å²) in [7, 11) is 0. The van der Waals surface area contributed by atoms with Crippen molar-refractivity contribution < 1.29 is 0 Å². The van der Waals surface area contributed by atoms with E-state index in [2.05, 4.69) is 29.2 Å². The molecular weight excluding hydrogens is 276 g/mol. The Hall–Kier alpha value is -1.71. The molecule has 2 N–H and O–H groups in total. The van der Waals surface area contributed by atoms with Gasteiger partial charge in [-0.2, -0.15) is 0 Å². The van der Waals surface area contributed by atoms with Gasteiger partial charge in [-0.15, -0.1) is 11.3 Å².